The number of amides is 1. The molecule has 0 atom stereocenters. The number of carbonyl (C=O) groups is 1. The molecule has 4 nitrogen and oxygen atoms in total. The molecule has 0 saturated carbocycles. The molecule has 1 aromatic carbocycles. The lowest BCUT2D eigenvalue weighted by molar-refractivity contribution is 0.0951. The monoisotopic (exact) mass is 193 g/mol. The number of carbonyl (C=O) groups excluding carboxylic acids is 1. The first-order valence-corrected chi connectivity index (χ1v) is 4.49. The average molecular weight is 193 g/mol. The van der Waals surface area contributed by atoms with Gasteiger partial charge in [-0.3, -0.25) is 4.79 Å². The van der Waals surface area contributed by atoms with Crippen LogP contribution in [0.15, 0.2) is 18.2 Å². The van der Waals surface area contributed by atoms with E-state index >= 15 is 0 Å². The van der Waals surface area contributed by atoms with Crippen LogP contribution in [-0.2, 0) is 0 Å². The van der Waals surface area contributed by atoms with Crippen LogP contribution in [0.25, 0.3) is 0 Å². The standard InChI is InChI=1S/C10H11NO3/c1-2-11-10(12)7-4-3-5-8-9(7)14-6-13-8/h3-5H,2,6H2,1H3,(H,11,12). The molecule has 0 unspecified atom stereocenters. The van der Waals surface area contributed by atoms with E-state index < -0.39 is 0 Å². The highest BCUT2D eigenvalue weighted by atomic mass is 16.7. The summed E-state index contributed by atoms with van der Waals surface area (Å²) in [6.07, 6.45) is 0. The highest BCUT2D eigenvalue weighted by Gasteiger charge is 2.20. The molecule has 0 bridgehead atoms. The summed E-state index contributed by atoms with van der Waals surface area (Å²) in [5.74, 6) is 1.04. The van der Waals surface area contributed by atoms with Crippen molar-refractivity contribution in [2.45, 2.75) is 6.92 Å². The van der Waals surface area contributed by atoms with E-state index in [0.717, 1.165) is 0 Å². The minimum Gasteiger partial charge on any atom is -0.454 e. The zero-order chi connectivity index (χ0) is 9.97. The summed E-state index contributed by atoms with van der Waals surface area (Å²) in [4.78, 5) is 11.6. The first-order valence-electron chi connectivity index (χ1n) is 4.49. The maximum Gasteiger partial charge on any atom is 0.255 e. The van der Waals surface area contributed by atoms with E-state index in [2.05, 4.69) is 5.32 Å². The van der Waals surface area contributed by atoms with Crippen LogP contribution >= 0.6 is 0 Å². The molecule has 0 spiro atoms. The van der Waals surface area contributed by atoms with Gasteiger partial charge in [0.05, 0.1) is 5.56 Å². The van der Waals surface area contributed by atoms with Gasteiger partial charge >= 0.3 is 0 Å². The smallest absolute Gasteiger partial charge is 0.255 e. The van der Waals surface area contributed by atoms with Crippen molar-refractivity contribution in [2.75, 3.05) is 13.3 Å². The Balaban J connectivity index is 2.34. The third-order valence-corrected chi connectivity index (χ3v) is 1.98. The number of fused-ring (bicyclic) bond motifs is 1. The number of nitrogens with one attached hydrogen (secondary N) is 1. The number of ether oxygens (including phenoxy) is 2. The lowest BCUT2D eigenvalue weighted by Gasteiger charge is -2.04. The van der Waals surface area contributed by atoms with Gasteiger partial charge in [0.15, 0.2) is 11.5 Å². The number of rotatable bonds is 2. The van der Waals surface area contributed by atoms with Crippen molar-refractivity contribution >= 4 is 5.91 Å². The van der Waals surface area contributed by atoms with Crippen LogP contribution in [0, 0.1) is 0 Å². The highest BCUT2D eigenvalue weighted by molar-refractivity contribution is 5.97. The Labute approximate surface area is 81.8 Å². The van der Waals surface area contributed by atoms with Gasteiger partial charge < -0.3 is 14.8 Å². The van der Waals surface area contributed by atoms with Crippen molar-refractivity contribution < 1.29 is 14.3 Å². The summed E-state index contributed by atoms with van der Waals surface area (Å²) in [5.41, 5.74) is 0.529. The minimum atomic E-state index is -0.130. The van der Waals surface area contributed by atoms with E-state index in [-0.39, 0.29) is 12.7 Å². The lowest BCUT2D eigenvalue weighted by atomic mass is 10.2. The van der Waals surface area contributed by atoms with Gasteiger partial charge in [-0.15, -0.1) is 0 Å². The largest absolute Gasteiger partial charge is 0.454 e. The van der Waals surface area contributed by atoms with Gasteiger partial charge in [0.2, 0.25) is 6.79 Å². The molecule has 1 aromatic rings. The van der Waals surface area contributed by atoms with E-state index in [1.54, 1.807) is 18.2 Å². The second-order valence-electron chi connectivity index (χ2n) is 2.90. The fraction of sp³-hybridized carbons (Fsp3) is 0.300. The highest BCUT2D eigenvalue weighted by Crippen LogP contribution is 2.34. The molecule has 0 fully saturated rings. The Bertz CT molecular complexity index is 362. The molecule has 1 aliphatic rings. The van der Waals surface area contributed by atoms with Gasteiger partial charge in [-0.25, -0.2) is 0 Å². The number of benzene rings is 1. The Morgan fingerprint density at radius 1 is 1.50 bits per heavy atom. The molecule has 74 valence electrons. The molecule has 14 heavy (non-hydrogen) atoms. The van der Waals surface area contributed by atoms with Crippen molar-refractivity contribution in [3.8, 4) is 11.5 Å². The normalized spacial score (nSPS) is 12.6. The zero-order valence-corrected chi connectivity index (χ0v) is 7.87. The van der Waals surface area contributed by atoms with Crippen molar-refractivity contribution in [1.29, 1.82) is 0 Å². The van der Waals surface area contributed by atoms with E-state index in [1.807, 2.05) is 6.92 Å². The summed E-state index contributed by atoms with van der Waals surface area (Å²) in [7, 11) is 0. The molecule has 2 rings (SSSR count). The van der Waals surface area contributed by atoms with Gasteiger partial charge in [0.1, 0.15) is 0 Å². The van der Waals surface area contributed by atoms with Gasteiger partial charge in [-0.1, -0.05) is 6.07 Å². The SMILES string of the molecule is CCNC(=O)c1cccc2c1OCO2. The van der Waals surface area contributed by atoms with E-state index in [0.29, 0.717) is 23.6 Å². The summed E-state index contributed by atoms with van der Waals surface area (Å²) in [6.45, 7) is 2.66. The molecule has 0 radical (unpaired) electrons. The van der Waals surface area contributed by atoms with Crippen LogP contribution in [0.4, 0.5) is 0 Å². The molecular weight excluding hydrogens is 182 g/mol. The number of para-hydroxylation sites is 1. The van der Waals surface area contributed by atoms with Crippen LogP contribution in [0.5, 0.6) is 11.5 Å². The molecule has 0 saturated heterocycles. The van der Waals surface area contributed by atoms with Crippen LogP contribution < -0.4 is 14.8 Å². The second-order valence-corrected chi connectivity index (χ2v) is 2.90. The van der Waals surface area contributed by atoms with Gasteiger partial charge in [0, 0.05) is 6.54 Å². The van der Waals surface area contributed by atoms with Crippen molar-refractivity contribution in [1.82, 2.24) is 5.32 Å². The Morgan fingerprint density at radius 3 is 3.14 bits per heavy atom. The van der Waals surface area contributed by atoms with Gasteiger partial charge in [-0.2, -0.15) is 0 Å². The quantitative estimate of drug-likeness (QED) is 0.766. The number of hydrogen-bond acceptors (Lipinski definition) is 3. The predicted molar refractivity (Wildman–Crippen MR) is 50.6 cm³/mol. The fourth-order valence-electron chi connectivity index (χ4n) is 1.36. The van der Waals surface area contributed by atoms with Crippen LogP contribution in [0.1, 0.15) is 17.3 Å². The fourth-order valence-corrected chi connectivity index (χ4v) is 1.36. The Kier molecular flexibility index (Phi) is 2.26. The van der Waals surface area contributed by atoms with Crippen molar-refractivity contribution in [3.05, 3.63) is 23.8 Å². The summed E-state index contributed by atoms with van der Waals surface area (Å²) >= 11 is 0. The molecule has 1 aliphatic heterocycles. The van der Waals surface area contributed by atoms with Crippen LogP contribution in [-0.4, -0.2) is 19.2 Å². The summed E-state index contributed by atoms with van der Waals surface area (Å²) in [6, 6.07) is 5.28. The summed E-state index contributed by atoms with van der Waals surface area (Å²) in [5, 5.41) is 2.72. The average Bonchev–Trinajstić information content (AvgIpc) is 2.65. The third-order valence-electron chi connectivity index (χ3n) is 1.98. The minimum absolute atomic E-state index is 0.130. The number of hydrogen-bond donors (Lipinski definition) is 1. The second kappa shape index (κ2) is 3.57. The molecular formula is C10H11NO3. The van der Waals surface area contributed by atoms with Crippen molar-refractivity contribution in [2.24, 2.45) is 0 Å². The molecule has 4 heteroatoms. The lowest BCUT2D eigenvalue weighted by Crippen LogP contribution is -2.22. The van der Waals surface area contributed by atoms with E-state index in [1.165, 1.54) is 0 Å². The third kappa shape index (κ3) is 1.39. The van der Waals surface area contributed by atoms with E-state index in [9.17, 15) is 4.79 Å². The van der Waals surface area contributed by atoms with Crippen LogP contribution in [0.3, 0.4) is 0 Å². The van der Waals surface area contributed by atoms with Gasteiger partial charge in [0.25, 0.3) is 5.91 Å². The topological polar surface area (TPSA) is 47.6 Å². The molecule has 0 aliphatic carbocycles. The van der Waals surface area contributed by atoms with Crippen LogP contribution in [0.2, 0.25) is 0 Å². The molecule has 1 N–H and O–H groups in total. The first kappa shape index (κ1) is 8.87. The maximum absolute atomic E-state index is 11.6. The molecule has 1 amide bonds. The first-order chi connectivity index (χ1) is 6.83. The van der Waals surface area contributed by atoms with Crippen molar-refractivity contribution in [3.63, 3.8) is 0 Å². The Morgan fingerprint density at radius 2 is 2.36 bits per heavy atom. The van der Waals surface area contributed by atoms with Gasteiger partial charge in [-0.05, 0) is 19.1 Å². The molecule has 1 heterocycles. The zero-order valence-electron chi connectivity index (χ0n) is 7.87. The predicted octanol–water partition coefficient (Wildman–Crippen LogP) is 1.17. The maximum atomic E-state index is 11.6. The Hall–Kier alpha value is -1.71. The van der Waals surface area contributed by atoms with E-state index in [4.69, 9.17) is 9.47 Å². The summed E-state index contributed by atoms with van der Waals surface area (Å²) < 4.78 is 10.4. The molecule has 0 aromatic heterocycles.